The highest BCUT2D eigenvalue weighted by Gasteiger charge is 2.29. The number of hydrogen-bond acceptors (Lipinski definition) is 4. The van der Waals surface area contributed by atoms with Crippen LogP contribution in [0.3, 0.4) is 0 Å². The summed E-state index contributed by atoms with van der Waals surface area (Å²) in [6.07, 6.45) is 5.44. The van der Waals surface area contributed by atoms with Crippen LogP contribution in [0.5, 0.6) is 0 Å². The molecule has 0 aromatic heterocycles. The van der Waals surface area contributed by atoms with Gasteiger partial charge in [-0.25, -0.2) is 4.79 Å². The fourth-order valence-electron chi connectivity index (χ4n) is 4.97. The zero-order valence-corrected chi connectivity index (χ0v) is 19.9. The van der Waals surface area contributed by atoms with Crippen LogP contribution >= 0.6 is 0 Å². The molecule has 2 aromatic carbocycles. The highest BCUT2D eigenvalue weighted by Crippen LogP contribution is 2.44. The second-order valence-corrected chi connectivity index (χ2v) is 9.22. The van der Waals surface area contributed by atoms with E-state index in [9.17, 15) is 19.5 Å². The van der Waals surface area contributed by atoms with Crippen LogP contribution < -0.4 is 10.6 Å². The topological polar surface area (TPSA) is 105 Å². The Labute approximate surface area is 205 Å². The molecule has 4 rings (SSSR count). The smallest absolute Gasteiger partial charge is 0.407 e. The summed E-state index contributed by atoms with van der Waals surface area (Å²) < 4.78 is 5.62. The van der Waals surface area contributed by atoms with Crippen LogP contribution in [0.1, 0.15) is 56.1 Å². The number of benzene rings is 2. The molecular formula is C28H32N2O5. The van der Waals surface area contributed by atoms with Gasteiger partial charge in [0.2, 0.25) is 5.91 Å². The van der Waals surface area contributed by atoms with E-state index in [0.717, 1.165) is 11.1 Å². The highest BCUT2D eigenvalue weighted by molar-refractivity contribution is 5.79. The first kappa shape index (κ1) is 24.5. The first-order valence-electron chi connectivity index (χ1n) is 12.3. The molecule has 0 heterocycles. The van der Waals surface area contributed by atoms with Crippen molar-refractivity contribution in [2.45, 2.75) is 57.0 Å². The Morgan fingerprint density at radius 3 is 2.34 bits per heavy atom. The van der Waals surface area contributed by atoms with Crippen molar-refractivity contribution in [2.24, 2.45) is 5.92 Å². The number of rotatable bonds is 9. The fraction of sp³-hybridized carbons (Fsp3) is 0.393. The van der Waals surface area contributed by atoms with Gasteiger partial charge < -0.3 is 20.5 Å². The average molecular weight is 477 g/mol. The lowest BCUT2D eigenvalue weighted by Crippen LogP contribution is -2.39. The van der Waals surface area contributed by atoms with Crippen molar-refractivity contribution in [1.29, 1.82) is 0 Å². The van der Waals surface area contributed by atoms with E-state index in [2.05, 4.69) is 34.9 Å². The molecule has 2 amide bonds. The Kier molecular flexibility index (Phi) is 7.85. The summed E-state index contributed by atoms with van der Waals surface area (Å²) in [4.78, 5) is 36.1. The maximum absolute atomic E-state index is 12.6. The Hall–Kier alpha value is -3.61. The Bertz CT molecular complexity index is 1070. The van der Waals surface area contributed by atoms with Gasteiger partial charge in [-0.1, -0.05) is 67.6 Å². The Morgan fingerprint density at radius 1 is 1.06 bits per heavy atom. The van der Waals surface area contributed by atoms with Crippen molar-refractivity contribution in [2.75, 3.05) is 6.61 Å². The SMILES string of the molecule is CCC(CCC(=O)N[C@H]1C=CC[C@H](C(=O)O)C1)NC(=O)OCC1c2ccccc2-c2ccccc21. The molecule has 0 fully saturated rings. The van der Waals surface area contributed by atoms with Crippen molar-refractivity contribution in [3.05, 3.63) is 71.8 Å². The molecule has 0 aliphatic heterocycles. The lowest BCUT2D eigenvalue weighted by molar-refractivity contribution is -0.142. The van der Waals surface area contributed by atoms with Gasteiger partial charge in [0.05, 0.1) is 5.92 Å². The third kappa shape index (κ3) is 5.91. The predicted octanol–water partition coefficient (Wildman–Crippen LogP) is 4.62. The number of amides is 2. The summed E-state index contributed by atoms with van der Waals surface area (Å²) in [6.45, 7) is 2.20. The van der Waals surface area contributed by atoms with Crippen molar-refractivity contribution in [3.63, 3.8) is 0 Å². The zero-order chi connectivity index (χ0) is 24.8. The number of carbonyl (C=O) groups is 3. The second-order valence-electron chi connectivity index (χ2n) is 9.22. The molecule has 0 saturated heterocycles. The van der Waals surface area contributed by atoms with Crippen molar-refractivity contribution < 1.29 is 24.2 Å². The molecule has 0 spiro atoms. The predicted molar refractivity (Wildman–Crippen MR) is 133 cm³/mol. The van der Waals surface area contributed by atoms with Crippen molar-refractivity contribution >= 4 is 18.0 Å². The first-order valence-corrected chi connectivity index (χ1v) is 12.3. The van der Waals surface area contributed by atoms with Crippen LogP contribution in [-0.2, 0) is 14.3 Å². The monoisotopic (exact) mass is 476 g/mol. The van der Waals surface area contributed by atoms with E-state index >= 15 is 0 Å². The van der Waals surface area contributed by atoms with Gasteiger partial charge in [-0.15, -0.1) is 0 Å². The number of aliphatic carboxylic acids is 1. The van der Waals surface area contributed by atoms with Crippen molar-refractivity contribution in [3.8, 4) is 11.1 Å². The largest absolute Gasteiger partial charge is 0.481 e. The maximum Gasteiger partial charge on any atom is 0.407 e. The zero-order valence-electron chi connectivity index (χ0n) is 19.9. The number of ether oxygens (including phenoxy) is 1. The third-order valence-electron chi connectivity index (χ3n) is 6.90. The van der Waals surface area contributed by atoms with Crippen LogP contribution in [0.25, 0.3) is 11.1 Å². The molecule has 7 nitrogen and oxygen atoms in total. The number of nitrogens with one attached hydrogen (secondary N) is 2. The molecule has 3 atom stereocenters. The van der Waals surface area contributed by atoms with Gasteiger partial charge in [0.15, 0.2) is 0 Å². The number of carbonyl (C=O) groups excluding carboxylic acids is 2. The number of allylic oxidation sites excluding steroid dienone is 1. The summed E-state index contributed by atoms with van der Waals surface area (Å²) in [5.41, 5.74) is 4.67. The molecule has 0 saturated carbocycles. The standard InChI is InChI=1S/C28H32N2O5/c1-2-19(14-15-26(31)29-20-9-7-8-18(16-20)27(32)33)30-28(34)35-17-25-23-12-5-3-10-21(23)22-11-4-6-13-24(22)25/h3-7,9-13,18-20,25H,2,8,14-17H2,1H3,(H,29,31)(H,30,34)(H,32,33)/t18-,19?,20-/m0/s1. The van der Waals surface area contributed by atoms with E-state index in [1.807, 2.05) is 37.3 Å². The molecule has 1 unspecified atom stereocenters. The number of carboxylic acids is 1. The number of carboxylic acid groups (broad SMARTS) is 1. The van der Waals surface area contributed by atoms with E-state index in [-0.39, 0.29) is 36.9 Å². The van der Waals surface area contributed by atoms with Gasteiger partial charge in [0.1, 0.15) is 6.61 Å². The number of hydrogen-bond donors (Lipinski definition) is 3. The minimum Gasteiger partial charge on any atom is -0.481 e. The first-order chi connectivity index (χ1) is 17.0. The van der Waals surface area contributed by atoms with Crippen LogP contribution in [0.4, 0.5) is 4.79 Å². The Morgan fingerprint density at radius 2 is 1.71 bits per heavy atom. The van der Waals surface area contributed by atoms with Gasteiger partial charge in [0, 0.05) is 24.4 Å². The van der Waals surface area contributed by atoms with Crippen LogP contribution in [-0.4, -0.2) is 41.8 Å². The van der Waals surface area contributed by atoms with E-state index in [1.54, 1.807) is 6.08 Å². The van der Waals surface area contributed by atoms with E-state index in [4.69, 9.17) is 4.74 Å². The lowest BCUT2D eigenvalue weighted by Gasteiger charge is -2.23. The molecule has 0 bridgehead atoms. The van der Waals surface area contributed by atoms with Crippen LogP contribution in [0.2, 0.25) is 0 Å². The van der Waals surface area contributed by atoms with Crippen LogP contribution in [0.15, 0.2) is 60.7 Å². The fourth-order valence-corrected chi connectivity index (χ4v) is 4.97. The molecule has 2 aliphatic rings. The lowest BCUT2D eigenvalue weighted by atomic mass is 9.91. The van der Waals surface area contributed by atoms with Crippen LogP contribution in [0, 0.1) is 5.92 Å². The van der Waals surface area contributed by atoms with Crippen molar-refractivity contribution in [1.82, 2.24) is 10.6 Å². The highest BCUT2D eigenvalue weighted by atomic mass is 16.5. The molecule has 0 radical (unpaired) electrons. The quantitative estimate of drug-likeness (QED) is 0.458. The summed E-state index contributed by atoms with van der Waals surface area (Å²) in [5, 5.41) is 15.0. The normalized spacial score (nSPS) is 19.3. The van der Waals surface area contributed by atoms with E-state index in [0.29, 0.717) is 25.7 Å². The number of fused-ring (bicyclic) bond motifs is 3. The summed E-state index contributed by atoms with van der Waals surface area (Å²) in [6, 6.07) is 15.9. The van der Waals surface area contributed by atoms with E-state index in [1.165, 1.54) is 11.1 Å². The molecule has 35 heavy (non-hydrogen) atoms. The molecular weight excluding hydrogens is 444 g/mol. The third-order valence-corrected chi connectivity index (χ3v) is 6.90. The summed E-state index contributed by atoms with van der Waals surface area (Å²) in [7, 11) is 0. The Balaban J connectivity index is 1.25. The van der Waals surface area contributed by atoms with Gasteiger partial charge in [-0.2, -0.15) is 0 Å². The molecule has 2 aromatic rings. The number of alkyl carbamates (subject to hydrolysis) is 1. The average Bonchev–Trinajstić information content (AvgIpc) is 3.19. The van der Waals surface area contributed by atoms with Gasteiger partial charge in [-0.05, 0) is 47.9 Å². The molecule has 3 N–H and O–H groups in total. The minimum absolute atomic E-state index is 0.00261. The molecule has 7 heteroatoms. The van der Waals surface area contributed by atoms with Gasteiger partial charge in [-0.3, -0.25) is 9.59 Å². The minimum atomic E-state index is -0.841. The maximum atomic E-state index is 12.6. The van der Waals surface area contributed by atoms with E-state index < -0.39 is 18.0 Å². The van der Waals surface area contributed by atoms with Gasteiger partial charge in [0.25, 0.3) is 0 Å². The summed E-state index contributed by atoms with van der Waals surface area (Å²) in [5.74, 6) is -1.47. The molecule has 2 aliphatic carbocycles. The van der Waals surface area contributed by atoms with Gasteiger partial charge >= 0.3 is 12.1 Å². The summed E-state index contributed by atoms with van der Waals surface area (Å²) >= 11 is 0. The second kappa shape index (κ2) is 11.2. The molecule has 184 valence electrons.